The lowest BCUT2D eigenvalue weighted by Crippen LogP contribution is -2.49. The molecule has 2 amide bonds. The number of rotatable bonds is 4. The van der Waals surface area contributed by atoms with Gasteiger partial charge in [-0.05, 0) is 64.5 Å². The molecule has 1 aromatic heterocycles. The Morgan fingerprint density at radius 2 is 1.65 bits per heavy atom. The van der Waals surface area contributed by atoms with Crippen LogP contribution in [0, 0.1) is 5.82 Å². The molecule has 0 aliphatic carbocycles. The fraction of sp³-hybridized carbons (Fsp3) is 0.217. The van der Waals surface area contributed by atoms with E-state index >= 15 is 0 Å². The zero-order chi connectivity index (χ0) is 22.0. The van der Waals surface area contributed by atoms with E-state index in [9.17, 15) is 14.0 Å². The Labute approximate surface area is 188 Å². The van der Waals surface area contributed by atoms with E-state index in [2.05, 4.69) is 20.8 Å². The molecular weight excluding hydrogens is 465 g/mol. The molecule has 2 aromatic carbocycles. The topological polar surface area (TPSA) is 57.0 Å². The number of furan rings is 1. The van der Waals surface area contributed by atoms with Gasteiger partial charge in [0.05, 0.1) is 11.3 Å². The maximum absolute atomic E-state index is 13.3. The van der Waals surface area contributed by atoms with Crippen molar-refractivity contribution in [2.24, 2.45) is 0 Å². The van der Waals surface area contributed by atoms with Crippen molar-refractivity contribution in [3.05, 3.63) is 82.5 Å². The third-order valence-electron chi connectivity index (χ3n) is 5.34. The minimum atomic E-state index is -0.341. The highest BCUT2D eigenvalue weighted by Crippen LogP contribution is 2.25. The third kappa shape index (κ3) is 4.49. The molecule has 160 valence electrons. The first-order chi connectivity index (χ1) is 14.9. The first-order valence-electron chi connectivity index (χ1n) is 9.86. The van der Waals surface area contributed by atoms with Crippen molar-refractivity contribution in [3.63, 3.8) is 0 Å². The fourth-order valence-corrected chi connectivity index (χ4v) is 3.95. The van der Waals surface area contributed by atoms with Crippen molar-refractivity contribution >= 4 is 39.1 Å². The molecule has 0 saturated carbocycles. The molecule has 3 aromatic rings. The number of halogens is 2. The maximum atomic E-state index is 13.3. The Morgan fingerprint density at radius 1 is 0.968 bits per heavy atom. The summed E-state index contributed by atoms with van der Waals surface area (Å²) in [5.74, 6) is -0.555. The predicted molar refractivity (Wildman–Crippen MR) is 120 cm³/mol. The van der Waals surface area contributed by atoms with Crippen LogP contribution in [0.25, 0.3) is 0 Å². The van der Waals surface area contributed by atoms with Crippen LogP contribution in [0.2, 0.25) is 0 Å². The highest BCUT2D eigenvalue weighted by Gasteiger charge is 2.27. The number of hydrogen-bond donors (Lipinski definition) is 0. The number of benzene rings is 2. The van der Waals surface area contributed by atoms with Crippen LogP contribution in [0.3, 0.4) is 0 Å². The van der Waals surface area contributed by atoms with E-state index < -0.39 is 0 Å². The van der Waals surface area contributed by atoms with Crippen molar-refractivity contribution < 1.29 is 18.4 Å². The molecule has 0 bridgehead atoms. The predicted octanol–water partition coefficient (Wildman–Crippen LogP) is 4.42. The summed E-state index contributed by atoms with van der Waals surface area (Å²) < 4.78 is 19.0. The molecule has 1 fully saturated rings. The Hall–Kier alpha value is -3.13. The van der Waals surface area contributed by atoms with Gasteiger partial charge in [-0.2, -0.15) is 0 Å². The van der Waals surface area contributed by atoms with Gasteiger partial charge in [0.2, 0.25) is 0 Å². The molecule has 0 atom stereocenters. The van der Waals surface area contributed by atoms with Crippen LogP contribution >= 0.6 is 15.9 Å². The zero-order valence-corrected chi connectivity index (χ0v) is 18.5. The van der Waals surface area contributed by atoms with Crippen molar-refractivity contribution in [3.8, 4) is 0 Å². The zero-order valence-electron chi connectivity index (χ0n) is 16.9. The number of para-hydroxylation sites is 1. The summed E-state index contributed by atoms with van der Waals surface area (Å²) in [5.41, 5.74) is 1.91. The van der Waals surface area contributed by atoms with Crippen LogP contribution in [0.5, 0.6) is 0 Å². The van der Waals surface area contributed by atoms with Gasteiger partial charge in [-0.3, -0.25) is 9.59 Å². The van der Waals surface area contributed by atoms with E-state index in [0.29, 0.717) is 42.1 Å². The fourth-order valence-electron chi connectivity index (χ4n) is 3.64. The first kappa shape index (κ1) is 21.1. The second kappa shape index (κ2) is 8.93. The Balaban J connectivity index is 1.48. The van der Waals surface area contributed by atoms with Crippen LogP contribution in [0.1, 0.15) is 20.9 Å². The Morgan fingerprint density at radius 3 is 2.29 bits per heavy atom. The van der Waals surface area contributed by atoms with Gasteiger partial charge in [0.25, 0.3) is 11.8 Å². The number of carbonyl (C=O) groups excluding carboxylic acids is 2. The van der Waals surface area contributed by atoms with Gasteiger partial charge in [-0.1, -0.05) is 12.1 Å². The molecule has 4 rings (SSSR count). The highest BCUT2D eigenvalue weighted by molar-refractivity contribution is 9.10. The molecule has 1 aliphatic heterocycles. The van der Waals surface area contributed by atoms with Crippen molar-refractivity contribution in [1.82, 2.24) is 4.90 Å². The number of nitrogens with zero attached hydrogens (tertiary/aromatic N) is 3. The Kier molecular flexibility index (Phi) is 6.08. The minimum Gasteiger partial charge on any atom is -0.444 e. The molecule has 2 heterocycles. The average Bonchev–Trinajstić information content (AvgIpc) is 3.24. The van der Waals surface area contributed by atoms with Crippen LogP contribution in [-0.2, 0) is 0 Å². The lowest BCUT2D eigenvalue weighted by Gasteiger charge is -2.36. The van der Waals surface area contributed by atoms with E-state index in [1.54, 1.807) is 60.5 Å². The minimum absolute atomic E-state index is 0.130. The van der Waals surface area contributed by atoms with Gasteiger partial charge < -0.3 is 19.1 Å². The van der Waals surface area contributed by atoms with Crippen molar-refractivity contribution in [1.29, 1.82) is 0 Å². The molecule has 0 radical (unpaired) electrons. The van der Waals surface area contributed by atoms with Crippen LogP contribution < -0.4 is 9.80 Å². The monoisotopic (exact) mass is 485 g/mol. The van der Waals surface area contributed by atoms with E-state index in [4.69, 9.17) is 4.42 Å². The lowest BCUT2D eigenvalue weighted by molar-refractivity contribution is 0.0747. The molecule has 0 unspecified atom stereocenters. The van der Waals surface area contributed by atoms with Crippen LogP contribution in [-0.4, -0.2) is 49.9 Å². The maximum Gasteiger partial charge on any atom is 0.293 e. The van der Waals surface area contributed by atoms with Gasteiger partial charge in [0.15, 0.2) is 10.4 Å². The average molecular weight is 486 g/mol. The van der Waals surface area contributed by atoms with E-state index in [1.807, 2.05) is 0 Å². The molecular formula is C23H21BrFN3O3. The standard InChI is InChI=1S/C23H21BrFN3O3/c1-26(23(30)20-10-11-21(24)31-20)19-5-3-2-4-18(19)22(29)28-14-12-27(13-15-28)17-8-6-16(25)7-9-17/h2-11H,12-15H2,1H3. The number of anilines is 2. The summed E-state index contributed by atoms with van der Waals surface area (Å²) in [5, 5.41) is 0. The van der Waals surface area contributed by atoms with E-state index in [1.165, 1.54) is 17.0 Å². The number of piperazine rings is 1. The summed E-state index contributed by atoms with van der Waals surface area (Å²) in [6.07, 6.45) is 0. The first-order valence-corrected chi connectivity index (χ1v) is 10.7. The molecule has 6 nitrogen and oxygen atoms in total. The van der Waals surface area contributed by atoms with Crippen molar-refractivity contribution in [2.45, 2.75) is 0 Å². The second-order valence-electron chi connectivity index (χ2n) is 7.24. The SMILES string of the molecule is CN(C(=O)c1ccc(Br)o1)c1ccccc1C(=O)N1CCN(c2ccc(F)cc2)CC1. The largest absolute Gasteiger partial charge is 0.444 e. The molecule has 1 saturated heterocycles. The number of hydrogen-bond acceptors (Lipinski definition) is 4. The lowest BCUT2D eigenvalue weighted by atomic mass is 10.1. The van der Waals surface area contributed by atoms with Gasteiger partial charge in [0, 0.05) is 38.9 Å². The van der Waals surface area contributed by atoms with Crippen LogP contribution in [0.4, 0.5) is 15.8 Å². The van der Waals surface area contributed by atoms with Gasteiger partial charge in [0.1, 0.15) is 5.82 Å². The number of amides is 2. The quantitative estimate of drug-likeness (QED) is 0.548. The second-order valence-corrected chi connectivity index (χ2v) is 8.02. The van der Waals surface area contributed by atoms with E-state index in [-0.39, 0.29) is 23.4 Å². The molecule has 0 spiro atoms. The summed E-state index contributed by atoms with van der Waals surface area (Å²) in [6.45, 7) is 2.37. The molecule has 0 N–H and O–H groups in total. The van der Waals surface area contributed by atoms with Crippen molar-refractivity contribution in [2.75, 3.05) is 43.0 Å². The summed E-state index contributed by atoms with van der Waals surface area (Å²) in [7, 11) is 1.62. The van der Waals surface area contributed by atoms with Gasteiger partial charge in [-0.25, -0.2) is 4.39 Å². The summed E-state index contributed by atoms with van der Waals surface area (Å²) in [6, 6.07) is 16.7. The Bertz CT molecular complexity index is 1090. The molecule has 31 heavy (non-hydrogen) atoms. The molecule has 1 aliphatic rings. The third-order valence-corrected chi connectivity index (χ3v) is 5.77. The summed E-state index contributed by atoms with van der Waals surface area (Å²) in [4.78, 5) is 31.4. The number of carbonyl (C=O) groups is 2. The highest BCUT2D eigenvalue weighted by atomic mass is 79.9. The normalized spacial score (nSPS) is 13.9. The van der Waals surface area contributed by atoms with Crippen LogP contribution in [0.15, 0.2) is 69.8 Å². The van der Waals surface area contributed by atoms with E-state index in [0.717, 1.165) is 5.69 Å². The summed E-state index contributed by atoms with van der Waals surface area (Å²) >= 11 is 3.20. The van der Waals surface area contributed by atoms with Gasteiger partial charge in [-0.15, -0.1) is 0 Å². The molecule has 8 heteroatoms. The smallest absolute Gasteiger partial charge is 0.293 e. The van der Waals surface area contributed by atoms with Gasteiger partial charge >= 0.3 is 0 Å².